The molecule has 1 aromatic carbocycles. The average Bonchev–Trinajstić information content (AvgIpc) is 2.28. The van der Waals surface area contributed by atoms with E-state index in [0.29, 0.717) is 0 Å². The Bertz CT molecular complexity index is 448. The first-order chi connectivity index (χ1) is 7.63. The number of hydrogen-bond acceptors (Lipinski definition) is 5. The van der Waals surface area contributed by atoms with Crippen LogP contribution in [-0.4, -0.2) is 4.92 Å². The first kappa shape index (κ1) is 12.1. The summed E-state index contributed by atoms with van der Waals surface area (Å²) in [6.07, 6.45) is 3.01. The van der Waals surface area contributed by atoms with E-state index in [1.807, 2.05) is 0 Å². The third-order valence-electron chi connectivity index (χ3n) is 1.72. The number of allylic oxidation sites excluding steroid dienone is 1. The Kier molecular flexibility index (Phi) is 4.36. The van der Waals surface area contributed by atoms with Crippen LogP contribution in [0.15, 0.2) is 34.9 Å². The van der Waals surface area contributed by atoms with Crippen LogP contribution in [0.3, 0.4) is 0 Å². The fraction of sp³-hybridized carbons (Fsp3) is 0.100. The molecule has 0 aliphatic heterocycles. The van der Waals surface area contributed by atoms with E-state index in [2.05, 4.69) is 4.18 Å². The van der Waals surface area contributed by atoms with Gasteiger partial charge in [-0.25, -0.2) is 0 Å². The molecule has 0 N–H and O–H groups in total. The van der Waals surface area contributed by atoms with Crippen LogP contribution in [0.4, 0.5) is 0 Å². The van der Waals surface area contributed by atoms with Crippen molar-refractivity contribution in [3.8, 4) is 6.26 Å². The molecule has 0 saturated carbocycles. The van der Waals surface area contributed by atoms with Crippen molar-refractivity contribution in [1.82, 2.24) is 0 Å². The summed E-state index contributed by atoms with van der Waals surface area (Å²) in [5, 5.41) is 18.6. The van der Waals surface area contributed by atoms with Gasteiger partial charge in [0.15, 0.2) is 0 Å². The van der Waals surface area contributed by atoms with Crippen molar-refractivity contribution < 1.29 is 9.11 Å². The molecule has 5 nitrogen and oxygen atoms in total. The quantitative estimate of drug-likeness (QED) is 0.347. The SMILES string of the molecule is CC(=Cc1ccc(SOC#N)cc1)[N+](=O)[O-]. The number of benzene rings is 1. The molecular weight excluding hydrogens is 228 g/mol. The van der Waals surface area contributed by atoms with Crippen molar-refractivity contribution in [3.05, 3.63) is 45.6 Å². The van der Waals surface area contributed by atoms with Gasteiger partial charge in [-0.15, -0.1) is 5.26 Å². The minimum Gasteiger partial charge on any atom is -0.347 e. The van der Waals surface area contributed by atoms with Crippen molar-refractivity contribution in [3.63, 3.8) is 0 Å². The Morgan fingerprint density at radius 2 is 2.19 bits per heavy atom. The van der Waals surface area contributed by atoms with E-state index in [9.17, 15) is 10.1 Å². The van der Waals surface area contributed by atoms with Gasteiger partial charge in [0.2, 0.25) is 5.70 Å². The lowest BCUT2D eigenvalue weighted by molar-refractivity contribution is -0.422. The molecule has 16 heavy (non-hydrogen) atoms. The van der Waals surface area contributed by atoms with E-state index in [1.54, 1.807) is 24.3 Å². The molecule has 0 amide bonds. The van der Waals surface area contributed by atoms with E-state index in [-0.39, 0.29) is 5.70 Å². The van der Waals surface area contributed by atoms with Gasteiger partial charge in [0.25, 0.3) is 6.26 Å². The zero-order chi connectivity index (χ0) is 12.0. The largest absolute Gasteiger partial charge is 0.347 e. The van der Waals surface area contributed by atoms with Crippen molar-refractivity contribution in [2.75, 3.05) is 0 Å². The highest BCUT2D eigenvalue weighted by Gasteiger charge is 2.02. The number of rotatable bonds is 4. The van der Waals surface area contributed by atoms with Gasteiger partial charge >= 0.3 is 0 Å². The first-order valence-corrected chi connectivity index (χ1v) is 5.03. The summed E-state index contributed by atoms with van der Waals surface area (Å²) in [5.41, 5.74) is 0.809. The summed E-state index contributed by atoms with van der Waals surface area (Å²) in [7, 11) is 0. The molecule has 82 valence electrons. The summed E-state index contributed by atoms with van der Waals surface area (Å²) in [6, 6.07) is 6.88. The molecule has 0 aromatic heterocycles. The molecule has 1 aromatic rings. The maximum atomic E-state index is 10.4. The highest BCUT2D eigenvalue weighted by Crippen LogP contribution is 2.19. The van der Waals surface area contributed by atoms with Crippen molar-refractivity contribution in [2.24, 2.45) is 0 Å². The Morgan fingerprint density at radius 3 is 2.69 bits per heavy atom. The lowest BCUT2D eigenvalue weighted by atomic mass is 10.2. The van der Waals surface area contributed by atoms with Gasteiger partial charge in [-0.2, -0.15) is 0 Å². The summed E-state index contributed by atoms with van der Waals surface area (Å²) < 4.78 is 4.48. The van der Waals surface area contributed by atoms with Gasteiger partial charge < -0.3 is 4.18 Å². The van der Waals surface area contributed by atoms with Crippen LogP contribution in [0, 0.1) is 21.6 Å². The van der Waals surface area contributed by atoms with E-state index in [4.69, 9.17) is 5.26 Å². The Morgan fingerprint density at radius 1 is 1.56 bits per heavy atom. The molecule has 0 fully saturated rings. The summed E-state index contributed by atoms with van der Waals surface area (Å²) >= 11 is 0.939. The Balaban J connectivity index is 2.76. The summed E-state index contributed by atoms with van der Waals surface area (Å²) in [4.78, 5) is 10.7. The summed E-state index contributed by atoms with van der Waals surface area (Å²) in [6.45, 7) is 1.43. The number of nitrogens with zero attached hydrogens (tertiary/aromatic N) is 2. The van der Waals surface area contributed by atoms with Gasteiger partial charge in [-0.1, -0.05) is 12.1 Å². The normalized spacial score (nSPS) is 10.6. The van der Waals surface area contributed by atoms with Gasteiger partial charge in [-0.3, -0.25) is 10.1 Å². The molecule has 0 atom stereocenters. The topological polar surface area (TPSA) is 76.2 Å². The van der Waals surface area contributed by atoms with Crippen LogP contribution in [0.25, 0.3) is 6.08 Å². The van der Waals surface area contributed by atoms with Crippen LogP contribution >= 0.6 is 12.0 Å². The van der Waals surface area contributed by atoms with E-state index in [0.717, 1.165) is 22.5 Å². The standard InChI is InChI=1S/C10H8N2O3S/c1-8(12(13)14)6-9-2-4-10(5-3-9)16-15-7-11/h2-6H,1H3. The fourth-order valence-electron chi connectivity index (χ4n) is 0.980. The third kappa shape index (κ3) is 3.63. The first-order valence-electron chi connectivity index (χ1n) is 4.29. The predicted octanol–water partition coefficient (Wildman–Crippen LogP) is 2.83. The molecule has 0 saturated heterocycles. The number of nitriles is 1. The van der Waals surface area contributed by atoms with Crippen LogP contribution in [0.1, 0.15) is 12.5 Å². The highest BCUT2D eigenvalue weighted by molar-refractivity contribution is 7.94. The van der Waals surface area contributed by atoms with Crippen LogP contribution in [-0.2, 0) is 4.18 Å². The van der Waals surface area contributed by atoms with Crippen LogP contribution < -0.4 is 0 Å². The molecule has 0 heterocycles. The number of nitro groups is 1. The van der Waals surface area contributed by atoms with Crippen LogP contribution in [0.5, 0.6) is 0 Å². The minimum atomic E-state index is -0.443. The lowest BCUT2D eigenvalue weighted by Crippen LogP contribution is -1.92. The van der Waals surface area contributed by atoms with Crippen LogP contribution in [0.2, 0.25) is 0 Å². The molecule has 0 aliphatic rings. The minimum absolute atomic E-state index is 0.0775. The monoisotopic (exact) mass is 236 g/mol. The second-order valence-electron chi connectivity index (χ2n) is 2.87. The Hall–Kier alpha value is -2.00. The molecule has 0 unspecified atom stereocenters. The number of hydrogen-bond donors (Lipinski definition) is 0. The van der Waals surface area contributed by atoms with Gasteiger partial charge in [0.05, 0.1) is 4.92 Å². The second kappa shape index (κ2) is 5.78. The van der Waals surface area contributed by atoms with Gasteiger partial charge in [0.1, 0.15) is 12.0 Å². The molecule has 0 radical (unpaired) electrons. The zero-order valence-electron chi connectivity index (χ0n) is 8.41. The third-order valence-corrected chi connectivity index (χ3v) is 2.34. The maximum Gasteiger partial charge on any atom is 0.300 e. The molecule has 0 bridgehead atoms. The summed E-state index contributed by atoms with van der Waals surface area (Å²) in [5.74, 6) is 0. The maximum absolute atomic E-state index is 10.4. The van der Waals surface area contributed by atoms with Crippen molar-refractivity contribution >= 4 is 18.1 Å². The average molecular weight is 236 g/mol. The molecule has 0 aliphatic carbocycles. The van der Waals surface area contributed by atoms with E-state index in [1.165, 1.54) is 19.3 Å². The molecule has 6 heteroatoms. The van der Waals surface area contributed by atoms with Crippen molar-refractivity contribution in [1.29, 1.82) is 5.26 Å². The predicted molar refractivity (Wildman–Crippen MR) is 59.6 cm³/mol. The second-order valence-corrected chi connectivity index (χ2v) is 3.67. The van der Waals surface area contributed by atoms with Crippen molar-refractivity contribution in [2.45, 2.75) is 11.8 Å². The fourth-order valence-corrected chi connectivity index (χ4v) is 1.36. The van der Waals surface area contributed by atoms with E-state index < -0.39 is 4.92 Å². The smallest absolute Gasteiger partial charge is 0.300 e. The molecular formula is C10H8N2O3S. The highest BCUT2D eigenvalue weighted by atomic mass is 32.2. The van der Waals surface area contributed by atoms with Gasteiger partial charge in [0, 0.05) is 17.9 Å². The molecule has 1 rings (SSSR count). The Labute approximate surface area is 96.7 Å². The van der Waals surface area contributed by atoms with E-state index >= 15 is 0 Å². The zero-order valence-corrected chi connectivity index (χ0v) is 9.23. The van der Waals surface area contributed by atoms with Gasteiger partial charge in [-0.05, 0) is 17.7 Å². The lowest BCUT2D eigenvalue weighted by Gasteiger charge is -1.97. The molecule has 0 spiro atoms.